The molecule has 1 atom stereocenters. The molecule has 0 radical (unpaired) electrons. The quantitative estimate of drug-likeness (QED) is 0.226. The number of piperidine rings is 1. The zero-order chi connectivity index (χ0) is 26.9. The maximum atomic E-state index is 14.1. The lowest BCUT2D eigenvalue weighted by Crippen LogP contribution is -2.32. The highest BCUT2D eigenvalue weighted by Crippen LogP contribution is 2.31. The van der Waals surface area contributed by atoms with Crippen molar-refractivity contribution in [2.45, 2.75) is 45.4 Å². The Bertz CT molecular complexity index is 1550. The van der Waals surface area contributed by atoms with Gasteiger partial charge in [0.25, 0.3) is 0 Å². The summed E-state index contributed by atoms with van der Waals surface area (Å²) < 4.78 is 27.8. The summed E-state index contributed by atoms with van der Waals surface area (Å²) in [5, 5.41) is 0.355. The number of Topliss-reactive ketones (excluding diaryl/α,β-unsaturated/α-hetero) is 1. The van der Waals surface area contributed by atoms with Crippen molar-refractivity contribution in [3.8, 4) is 5.88 Å². The fourth-order valence-corrected chi connectivity index (χ4v) is 5.99. The minimum absolute atomic E-state index is 0.0666. The number of carbonyl (C=O) groups is 1. The lowest BCUT2D eigenvalue weighted by atomic mass is 10.0. The highest BCUT2D eigenvalue weighted by atomic mass is 35.5. The first kappa shape index (κ1) is 26.0. The third-order valence-corrected chi connectivity index (χ3v) is 8.62. The lowest BCUT2D eigenvalue weighted by molar-refractivity contribution is -0.0586. The summed E-state index contributed by atoms with van der Waals surface area (Å²) in [6.45, 7) is 4.87. The van der Waals surface area contributed by atoms with Gasteiger partial charge in [0.05, 0.1) is 17.5 Å². The molecule has 2 aliphatic rings. The second-order valence-electron chi connectivity index (χ2n) is 9.87. The van der Waals surface area contributed by atoms with Gasteiger partial charge in [-0.25, -0.2) is 9.37 Å². The summed E-state index contributed by atoms with van der Waals surface area (Å²) in [7, 11) is 0. The summed E-state index contributed by atoms with van der Waals surface area (Å²) in [6.07, 6.45) is 5.22. The van der Waals surface area contributed by atoms with Crippen LogP contribution in [-0.2, 0) is 17.9 Å². The summed E-state index contributed by atoms with van der Waals surface area (Å²) in [6, 6.07) is 12.1. The molecule has 6 rings (SSSR count). The summed E-state index contributed by atoms with van der Waals surface area (Å²) in [4.78, 5) is 25.4. The number of ketones is 1. The summed E-state index contributed by atoms with van der Waals surface area (Å²) in [5.74, 6) is 1.89. The Balaban J connectivity index is 1.13. The smallest absolute Gasteiger partial charge is 0.215 e. The van der Waals surface area contributed by atoms with Crippen LogP contribution in [0.25, 0.3) is 16.4 Å². The number of hydrogen-bond acceptors (Lipinski definition) is 7. The molecule has 202 valence electrons. The van der Waals surface area contributed by atoms with E-state index in [1.54, 1.807) is 25.1 Å². The van der Waals surface area contributed by atoms with E-state index in [0.717, 1.165) is 72.4 Å². The predicted molar refractivity (Wildman–Crippen MR) is 151 cm³/mol. The Morgan fingerprint density at radius 1 is 1.23 bits per heavy atom. The molecule has 2 fully saturated rings. The Morgan fingerprint density at radius 3 is 2.77 bits per heavy atom. The fraction of sp³-hybridized carbons (Fsp3) is 0.345. The topological polar surface area (TPSA) is 69.5 Å². The number of nitrogens with zero attached hydrogens (tertiary/aromatic N) is 4. The van der Waals surface area contributed by atoms with Crippen LogP contribution in [0.15, 0.2) is 48.0 Å². The summed E-state index contributed by atoms with van der Waals surface area (Å²) >= 11 is 7.34. The number of ether oxygens (including phenoxy) is 2. The van der Waals surface area contributed by atoms with E-state index in [0.29, 0.717) is 16.5 Å². The van der Waals surface area contributed by atoms with Crippen molar-refractivity contribution in [2.75, 3.05) is 24.6 Å². The molecule has 7 nitrogen and oxygen atoms in total. The number of thiophene rings is 1. The van der Waals surface area contributed by atoms with Gasteiger partial charge in [0.15, 0.2) is 5.78 Å². The molecular formula is C29H28ClFN4O3S. The number of aromatic nitrogens is 3. The number of hydrogen-bond donors (Lipinski definition) is 0. The highest BCUT2D eigenvalue weighted by molar-refractivity contribution is 7.20. The van der Waals surface area contributed by atoms with E-state index in [2.05, 4.69) is 20.5 Å². The summed E-state index contributed by atoms with van der Waals surface area (Å²) in [5.41, 5.74) is 2.63. The minimum Gasteiger partial charge on any atom is -0.473 e. The van der Waals surface area contributed by atoms with Crippen LogP contribution in [0, 0.1) is 5.82 Å². The molecule has 3 aromatic heterocycles. The molecule has 0 bridgehead atoms. The van der Waals surface area contributed by atoms with Crippen molar-refractivity contribution in [2.24, 2.45) is 0 Å². The molecule has 0 spiro atoms. The molecule has 0 unspecified atom stereocenters. The number of carbonyl (C=O) groups excluding carboxylic acids is 1. The van der Waals surface area contributed by atoms with Gasteiger partial charge in [-0.05, 0) is 56.5 Å². The van der Waals surface area contributed by atoms with Crippen LogP contribution in [0.3, 0.4) is 0 Å². The highest BCUT2D eigenvalue weighted by Gasteiger charge is 2.24. The molecule has 2 aliphatic heterocycles. The molecule has 0 aliphatic carbocycles. The van der Waals surface area contributed by atoms with E-state index in [1.165, 1.54) is 23.0 Å². The maximum Gasteiger partial charge on any atom is 0.215 e. The van der Waals surface area contributed by atoms with Gasteiger partial charge in [-0.1, -0.05) is 29.3 Å². The molecule has 1 aromatic carbocycles. The molecule has 2 saturated heterocycles. The first-order valence-electron chi connectivity index (χ1n) is 13.0. The Morgan fingerprint density at radius 2 is 2.05 bits per heavy atom. The van der Waals surface area contributed by atoms with Gasteiger partial charge in [-0.3, -0.25) is 4.79 Å². The lowest BCUT2D eigenvalue weighted by Gasteiger charge is -2.30. The molecule has 4 aromatic rings. The average Bonchev–Trinajstić information content (AvgIpc) is 3.45. The second kappa shape index (κ2) is 11.1. The van der Waals surface area contributed by atoms with E-state index >= 15 is 0 Å². The number of pyridine rings is 1. The zero-order valence-corrected chi connectivity index (χ0v) is 23.1. The van der Waals surface area contributed by atoms with Crippen LogP contribution >= 0.6 is 22.9 Å². The zero-order valence-electron chi connectivity index (χ0n) is 21.5. The van der Waals surface area contributed by atoms with Crippen LogP contribution in [0.1, 0.15) is 47.2 Å². The maximum absolute atomic E-state index is 14.1. The van der Waals surface area contributed by atoms with E-state index in [9.17, 15) is 9.18 Å². The van der Waals surface area contributed by atoms with E-state index in [1.807, 2.05) is 18.2 Å². The molecule has 10 heteroatoms. The van der Waals surface area contributed by atoms with Crippen molar-refractivity contribution in [1.82, 2.24) is 14.5 Å². The van der Waals surface area contributed by atoms with Crippen LogP contribution < -0.4 is 9.64 Å². The molecule has 0 saturated carbocycles. The van der Waals surface area contributed by atoms with Crippen molar-refractivity contribution in [3.63, 3.8) is 0 Å². The van der Waals surface area contributed by atoms with Crippen LogP contribution in [-0.4, -0.2) is 46.1 Å². The molecular weight excluding hydrogens is 539 g/mol. The van der Waals surface area contributed by atoms with Crippen molar-refractivity contribution < 1.29 is 18.7 Å². The number of benzene rings is 1. The van der Waals surface area contributed by atoms with Gasteiger partial charge in [-0.15, -0.1) is 11.3 Å². The third-order valence-electron chi connectivity index (χ3n) is 7.14. The third kappa shape index (κ3) is 5.71. The van der Waals surface area contributed by atoms with Crippen LogP contribution in [0.4, 0.5) is 10.2 Å². The normalized spacial score (nSPS) is 17.4. The Labute approximate surface area is 234 Å². The van der Waals surface area contributed by atoms with Gasteiger partial charge >= 0.3 is 0 Å². The minimum atomic E-state index is -0.394. The number of fused-ring (bicyclic) bond motifs is 1. The van der Waals surface area contributed by atoms with E-state index in [4.69, 9.17) is 26.1 Å². The molecule has 39 heavy (non-hydrogen) atoms. The van der Waals surface area contributed by atoms with E-state index in [-0.39, 0.29) is 18.5 Å². The second-order valence-corrected chi connectivity index (χ2v) is 11.3. The molecule has 0 N–H and O–H groups in total. The predicted octanol–water partition coefficient (Wildman–Crippen LogP) is 6.54. The van der Waals surface area contributed by atoms with Gasteiger partial charge < -0.3 is 18.9 Å². The largest absolute Gasteiger partial charge is 0.473 e. The van der Waals surface area contributed by atoms with Gasteiger partial charge in [0.1, 0.15) is 34.4 Å². The molecule has 0 amide bonds. The fourth-order valence-electron chi connectivity index (χ4n) is 4.83. The standard InChI is InChI=1S/C29H28ClFN4O3S/c1-18(36)25-15-24-29(39-25)35(16-22-9-12-37-22)27(32-24)13-19-7-10-34(11-8-19)26-3-2-4-28(33-26)38-17-20-5-6-21(30)14-23(20)31/h2-6,13-15,22H,7-12,16-17H2,1H3/t22-/m0/s1. The number of halogens is 2. The monoisotopic (exact) mass is 566 g/mol. The number of anilines is 1. The van der Waals surface area contributed by atoms with Crippen LogP contribution in [0.2, 0.25) is 5.02 Å². The van der Waals surface area contributed by atoms with Gasteiger partial charge in [-0.2, -0.15) is 4.98 Å². The van der Waals surface area contributed by atoms with E-state index < -0.39 is 5.82 Å². The van der Waals surface area contributed by atoms with Crippen molar-refractivity contribution >= 4 is 51.0 Å². The Kier molecular flexibility index (Phi) is 7.38. The SMILES string of the molecule is CC(=O)c1cc2nc(C=C3CCN(c4cccc(OCc5ccc(Cl)cc5F)n4)CC3)n(C[C@@H]3CCO3)c2s1. The first-order chi connectivity index (χ1) is 18.9. The number of rotatable bonds is 8. The molecule has 5 heterocycles. The average molecular weight is 567 g/mol. The first-order valence-corrected chi connectivity index (χ1v) is 14.2. The van der Waals surface area contributed by atoms with Gasteiger partial charge in [0.2, 0.25) is 5.88 Å². The van der Waals surface area contributed by atoms with Crippen molar-refractivity contribution in [1.29, 1.82) is 0 Å². The van der Waals surface area contributed by atoms with Gasteiger partial charge in [0, 0.05) is 36.3 Å². The van der Waals surface area contributed by atoms with Crippen LogP contribution in [0.5, 0.6) is 5.88 Å². The Hall–Kier alpha value is -3.27. The van der Waals surface area contributed by atoms with Crippen molar-refractivity contribution in [3.05, 3.63) is 75.1 Å². The number of imidazole rings is 1.